The van der Waals surface area contributed by atoms with Gasteiger partial charge in [-0.05, 0) is 32.1 Å². The highest BCUT2D eigenvalue weighted by molar-refractivity contribution is 7.80. The maximum Gasteiger partial charge on any atom is 0.233 e. The fourth-order valence-corrected chi connectivity index (χ4v) is 2.69. The summed E-state index contributed by atoms with van der Waals surface area (Å²) in [5, 5.41) is 3.03. The maximum absolute atomic E-state index is 12.1. The lowest BCUT2D eigenvalue weighted by Crippen LogP contribution is -2.47. The molecule has 0 aromatic carbocycles. The largest absolute Gasteiger partial charge is 0.392 e. The zero-order valence-electron chi connectivity index (χ0n) is 9.49. The molecule has 2 unspecified atom stereocenters. The zero-order chi connectivity index (χ0) is 11.8. The molecule has 0 bridgehead atoms. The van der Waals surface area contributed by atoms with Gasteiger partial charge in [0, 0.05) is 7.11 Å². The molecule has 0 aromatic heterocycles. The molecule has 1 amide bonds. The number of hydrogen-bond donors (Lipinski definition) is 2. The van der Waals surface area contributed by atoms with Crippen molar-refractivity contribution in [3.05, 3.63) is 0 Å². The summed E-state index contributed by atoms with van der Waals surface area (Å²) in [6.07, 6.45) is 4.82. The number of amides is 1. The lowest BCUT2D eigenvalue weighted by Gasteiger charge is -2.22. The van der Waals surface area contributed by atoms with Crippen LogP contribution in [0.3, 0.4) is 0 Å². The van der Waals surface area contributed by atoms with Crippen molar-refractivity contribution in [2.24, 2.45) is 11.1 Å². The molecule has 5 heteroatoms. The summed E-state index contributed by atoms with van der Waals surface area (Å²) in [4.78, 5) is 12.4. The lowest BCUT2D eigenvalue weighted by molar-refractivity contribution is -0.125. The SMILES string of the molecule is COC1CCCC1NC(=O)C1(C(N)=S)CC1. The highest BCUT2D eigenvalue weighted by Crippen LogP contribution is 2.46. The van der Waals surface area contributed by atoms with E-state index >= 15 is 0 Å². The van der Waals surface area contributed by atoms with Crippen molar-refractivity contribution in [2.45, 2.75) is 44.2 Å². The zero-order valence-corrected chi connectivity index (χ0v) is 10.3. The fraction of sp³-hybridized carbons (Fsp3) is 0.818. The normalized spacial score (nSPS) is 31.1. The van der Waals surface area contributed by atoms with Crippen molar-refractivity contribution in [1.82, 2.24) is 5.32 Å². The Hall–Kier alpha value is -0.680. The molecule has 2 rings (SSSR count). The maximum atomic E-state index is 12.1. The van der Waals surface area contributed by atoms with Gasteiger partial charge in [-0.1, -0.05) is 12.2 Å². The van der Waals surface area contributed by atoms with Gasteiger partial charge in [-0.2, -0.15) is 0 Å². The molecule has 0 saturated heterocycles. The monoisotopic (exact) mass is 242 g/mol. The summed E-state index contributed by atoms with van der Waals surface area (Å²) in [6, 6.07) is 0.129. The van der Waals surface area contributed by atoms with Gasteiger partial charge in [0.25, 0.3) is 0 Å². The Labute approximate surface area is 101 Å². The lowest BCUT2D eigenvalue weighted by atomic mass is 10.1. The molecule has 3 N–H and O–H groups in total. The van der Waals surface area contributed by atoms with Crippen LogP contribution < -0.4 is 11.1 Å². The van der Waals surface area contributed by atoms with Crippen LogP contribution in [-0.2, 0) is 9.53 Å². The standard InChI is InChI=1S/C11H18N2O2S/c1-15-8-4-2-3-7(8)13-10(14)11(5-6-11)9(12)16/h7-8H,2-6H2,1H3,(H2,12,16)(H,13,14). The van der Waals surface area contributed by atoms with Crippen LogP contribution in [0, 0.1) is 5.41 Å². The van der Waals surface area contributed by atoms with Crippen LogP contribution in [0.25, 0.3) is 0 Å². The third-order valence-electron chi connectivity index (χ3n) is 3.73. The number of nitrogens with two attached hydrogens (primary N) is 1. The second kappa shape index (κ2) is 4.30. The minimum Gasteiger partial charge on any atom is -0.392 e. The summed E-state index contributed by atoms with van der Waals surface area (Å²) in [6.45, 7) is 0. The van der Waals surface area contributed by atoms with Gasteiger partial charge in [-0.25, -0.2) is 0 Å². The van der Waals surface area contributed by atoms with Gasteiger partial charge in [0.05, 0.1) is 22.5 Å². The molecule has 0 aliphatic heterocycles. The summed E-state index contributed by atoms with van der Waals surface area (Å²) >= 11 is 4.95. The fourth-order valence-electron chi connectivity index (χ4n) is 2.39. The minimum absolute atomic E-state index is 0.00560. The Balaban J connectivity index is 1.95. The molecular formula is C11H18N2O2S. The van der Waals surface area contributed by atoms with Gasteiger partial charge in [0.2, 0.25) is 5.91 Å². The van der Waals surface area contributed by atoms with E-state index in [4.69, 9.17) is 22.7 Å². The quantitative estimate of drug-likeness (QED) is 0.714. The van der Waals surface area contributed by atoms with Crippen molar-refractivity contribution in [3.63, 3.8) is 0 Å². The number of hydrogen-bond acceptors (Lipinski definition) is 3. The van der Waals surface area contributed by atoms with E-state index in [9.17, 15) is 4.79 Å². The van der Waals surface area contributed by atoms with Gasteiger partial charge in [-0.15, -0.1) is 0 Å². The number of carbonyl (C=O) groups excluding carboxylic acids is 1. The van der Waals surface area contributed by atoms with E-state index in [0.717, 1.165) is 32.1 Å². The predicted octanol–water partition coefficient (Wildman–Crippen LogP) is 0.736. The highest BCUT2D eigenvalue weighted by atomic mass is 32.1. The van der Waals surface area contributed by atoms with E-state index in [1.165, 1.54) is 0 Å². The third-order valence-corrected chi connectivity index (χ3v) is 4.12. The van der Waals surface area contributed by atoms with Gasteiger partial charge in [0.15, 0.2) is 0 Å². The van der Waals surface area contributed by atoms with Crippen LogP contribution >= 0.6 is 12.2 Å². The van der Waals surface area contributed by atoms with Crippen molar-refractivity contribution < 1.29 is 9.53 Å². The number of methoxy groups -OCH3 is 1. The molecule has 0 radical (unpaired) electrons. The average molecular weight is 242 g/mol. The Morgan fingerprint density at radius 1 is 1.50 bits per heavy atom. The van der Waals surface area contributed by atoms with Crippen LogP contribution in [0.15, 0.2) is 0 Å². The summed E-state index contributed by atoms with van der Waals surface area (Å²) in [5.41, 5.74) is 5.07. The highest BCUT2D eigenvalue weighted by Gasteiger charge is 2.53. The van der Waals surface area contributed by atoms with Gasteiger partial charge < -0.3 is 15.8 Å². The molecule has 2 atom stereocenters. The first kappa shape index (κ1) is 11.8. The molecule has 2 aliphatic carbocycles. The van der Waals surface area contributed by atoms with E-state index in [0.29, 0.717) is 4.99 Å². The van der Waals surface area contributed by atoms with E-state index < -0.39 is 5.41 Å². The van der Waals surface area contributed by atoms with E-state index in [1.807, 2.05) is 0 Å². The Kier molecular flexibility index (Phi) is 3.17. The second-order valence-corrected chi connectivity index (χ2v) is 5.17. The molecule has 4 nitrogen and oxygen atoms in total. The number of carbonyl (C=O) groups is 1. The van der Waals surface area contributed by atoms with Crippen molar-refractivity contribution in [2.75, 3.05) is 7.11 Å². The molecule has 2 saturated carbocycles. The number of nitrogens with one attached hydrogen (secondary N) is 1. The summed E-state index contributed by atoms with van der Waals surface area (Å²) < 4.78 is 5.34. The number of rotatable bonds is 4. The van der Waals surface area contributed by atoms with Crippen LogP contribution in [0.1, 0.15) is 32.1 Å². The molecular weight excluding hydrogens is 224 g/mol. The van der Waals surface area contributed by atoms with E-state index in [1.54, 1.807) is 7.11 Å². The first-order valence-corrected chi connectivity index (χ1v) is 6.14. The molecule has 2 fully saturated rings. The van der Waals surface area contributed by atoms with Crippen molar-refractivity contribution in [3.8, 4) is 0 Å². The average Bonchev–Trinajstić information content (AvgIpc) is 2.95. The molecule has 0 aromatic rings. The van der Waals surface area contributed by atoms with Crippen LogP contribution in [0.4, 0.5) is 0 Å². The van der Waals surface area contributed by atoms with Gasteiger partial charge in [0.1, 0.15) is 0 Å². The van der Waals surface area contributed by atoms with Crippen LogP contribution in [0.2, 0.25) is 0 Å². The summed E-state index contributed by atoms with van der Waals surface area (Å²) in [7, 11) is 1.69. The van der Waals surface area contributed by atoms with Gasteiger partial charge >= 0.3 is 0 Å². The van der Waals surface area contributed by atoms with Gasteiger partial charge in [-0.3, -0.25) is 4.79 Å². The second-order valence-electron chi connectivity index (χ2n) is 4.73. The Bertz CT molecular complexity index is 315. The first-order chi connectivity index (χ1) is 7.60. The molecule has 0 spiro atoms. The van der Waals surface area contributed by atoms with Crippen molar-refractivity contribution >= 4 is 23.1 Å². The minimum atomic E-state index is -0.545. The molecule has 2 aliphatic rings. The molecule has 16 heavy (non-hydrogen) atoms. The van der Waals surface area contributed by atoms with E-state index in [-0.39, 0.29) is 18.1 Å². The number of ether oxygens (including phenoxy) is 1. The third kappa shape index (κ3) is 1.94. The van der Waals surface area contributed by atoms with E-state index in [2.05, 4.69) is 5.32 Å². The van der Waals surface area contributed by atoms with Crippen molar-refractivity contribution in [1.29, 1.82) is 0 Å². The Morgan fingerprint density at radius 3 is 2.69 bits per heavy atom. The molecule has 90 valence electrons. The Morgan fingerprint density at radius 2 is 2.19 bits per heavy atom. The summed E-state index contributed by atoms with van der Waals surface area (Å²) in [5.74, 6) is -0.00560. The smallest absolute Gasteiger partial charge is 0.233 e. The topological polar surface area (TPSA) is 64.3 Å². The molecule has 0 heterocycles. The number of thiocarbonyl (C=S) groups is 1. The van der Waals surface area contributed by atoms with Crippen LogP contribution in [-0.4, -0.2) is 30.2 Å². The predicted molar refractivity (Wildman–Crippen MR) is 65.0 cm³/mol. The van der Waals surface area contributed by atoms with Crippen LogP contribution in [0.5, 0.6) is 0 Å². The first-order valence-electron chi connectivity index (χ1n) is 5.74.